The number of pyridine rings is 1. The van der Waals surface area contributed by atoms with Crippen LogP contribution in [-0.4, -0.2) is 26.9 Å². The number of methoxy groups -OCH3 is 1. The number of anilines is 1. The summed E-state index contributed by atoms with van der Waals surface area (Å²) in [6.45, 7) is 0. The maximum absolute atomic E-state index is 5.23. The summed E-state index contributed by atoms with van der Waals surface area (Å²) in [5.41, 5.74) is 3.10. The number of aromatic nitrogens is 4. The van der Waals surface area contributed by atoms with E-state index in [4.69, 9.17) is 4.74 Å². The quantitative estimate of drug-likeness (QED) is 0.806. The zero-order valence-electron chi connectivity index (χ0n) is 12.5. The maximum Gasteiger partial charge on any atom is 0.226 e. The number of hydrogen-bond acceptors (Lipinski definition) is 5. The number of ether oxygens (including phenoxy) is 1. The van der Waals surface area contributed by atoms with E-state index in [1.807, 2.05) is 47.3 Å². The lowest BCUT2D eigenvalue weighted by Crippen LogP contribution is -2.20. The van der Waals surface area contributed by atoms with Gasteiger partial charge in [0.15, 0.2) is 0 Å². The van der Waals surface area contributed by atoms with Gasteiger partial charge in [0, 0.05) is 23.7 Å². The zero-order chi connectivity index (χ0) is 15.6. The Morgan fingerprint density at radius 1 is 1.17 bits per heavy atom. The fourth-order valence-corrected chi connectivity index (χ4v) is 2.66. The Labute approximate surface area is 133 Å². The topological polar surface area (TPSA) is 64.9 Å². The predicted molar refractivity (Wildman–Crippen MR) is 87.0 cm³/mol. The Hall–Kier alpha value is -3.15. The Balaban J connectivity index is 1.78. The van der Waals surface area contributed by atoms with Crippen LogP contribution >= 0.6 is 0 Å². The van der Waals surface area contributed by atoms with Gasteiger partial charge in [-0.3, -0.25) is 4.98 Å². The molecule has 0 aliphatic carbocycles. The zero-order valence-corrected chi connectivity index (χ0v) is 12.5. The molecule has 114 valence electrons. The van der Waals surface area contributed by atoms with Crippen molar-refractivity contribution in [3.05, 3.63) is 72.3 Å². The van der Waals surface area contributed by atoms with Crippen LogP contribution in [0, 0.1) is 0 Å². The molecule has 1 unspecified atom stereocenters. The van der Waals surface area contributed by atoms with Crippen LogP contribution in [-0.2, 0) is 0 Å². The lowest BCUT2D eigenvalue weighted by molar-refractivity contribution is 0.414. The summed E-state index contributed by atoms with van der Waals surface area (Å²) in [5.74, 6) is 1.55. The van der Waals surface area contributed by atoms with Crippen molar-refractivity contribution in [1.82, 2.24) is 19.7 Å². The van der Waals surface area contributed by atoms with Gasteiger partial charge in [0.25, 0.3) is 0 Å². The number of benzene rings is 1. The van der Waals surface area contributed by atoms with E-state index in [0.717, 1.165) is 22.6 Å². The van der Waals surface area contributed by atoms with Crippen molar-refractivity contribution >= 4 is 11.6 Å². The first-order chi connectivity index (χ1) is 11.3. The molecule has 0 saturated carbocycles. The molecule has 0 bridgehead atoms. The molecule has 6 heteroatoms. The van der Waals surface area contributed by atoms with Gasteiger partial charge in [-0.1, -0.05) is 12.1 Å². The summed E-state index contributed by atoms with van der Waals surface area (Å²) < 4.78 is 7.09. The summed E-state index contributed by atoms with van der Waals surface area (Å²) in [5, 5.41) is 7.64. The fraction of sp³-hybridized carbons (Fsp3) is 0.118. The van der Waals surface area contributed by atoms with E-state index < -0.39 is 0 Å². The molecule has 0 radical (unpaired) electrons. The molecule has 0 amide bonds. The Morgan fingerprint density at radius 3 is 2.78 bits per heavy atom. The first-order valence-corrected chi connectivity index (χ1v) is 7.28. The van der Waals surface area contributed by atoms with Crippen molar-refractivity contribution in [3.8, 4) is 5.75 Å². The van der Waals surface area contributed by atoms with E-state index in [2.05, 4.69) is 26.5 Å². The molecule has 4 rings (SSSR count). The summed E-state index contributed by atoms with van der Waals surface area (Å²) in [7, 11) is 1.66. The van der Waals surface area contributed by atoms with Gasteiger partial charge in [-0.2, -0.15) is 10.1 Å². The molecular weight excluding hydrogens is 290 g/mol. The van der Waals surface area contributed by atoms with E-state index >= 15 is 0 Å². The summed E-state index contributed by atoms with van der Waals surface area (Å²) >= 11 is 0. The van der Waals surface area contributed by atoms with Gasteiger partial charge in [-0.15, -0.1) is 0 Å². The lowest BCUT2D eigenvalue weighted by atomic mass is 10.0. The van der Waals surface area contributed by atoms with E-state index in [1.165, 1.54) is 0 Å². The first kappa shape index (κ1) is 13.5. The van der Waals surface area contributed by atoms with Crippen molar-refractivity contribution in [1.29, 1.82) is 0 Å². The molecule has 1 N–H and O–H groups in total. The van der Waals surface area contributed by atoms with Gasteiger partial charge in [0.2, 0.25) is 5.95 Å². The highest BCUT2D eigenvalue weighted by Gasteiger charge is 2.23. The second kappa shape index (κ2) is 5.57. The van der Waals surface area contributed by atoms with Crippen LogP contribution in [0.5, 0.6) is 5.75 Å². The van der Waals surface area contributed by atoms with Crippen molar-refractivity contribution in [3.63, 3.8) is 0 Å². The van der Waals surface area contributed by atoms with Crippen LogP contribution in [0.3, 0.4) is 0 Å². The largest absolute Gasteiger partial charge is 0.497 e. The molecular formula is C17H15N5O. The van der Waals surface area contributed by atoms with Crippen LogP contribution < -0.4 is 10.1 Å². The normalized spacial score (nSPS) is 16.2. The SMILES string of the molecule is COc1ccc(C2C=C(c3cccnc3)Nc3ncnn32)cc1. The third-order valence-electron chi connectivity index (χ3n) is 3.84. The van der Waals surface area contributed by atoms with Gasteiger partial charge in [-0.25, -0.2) is 4.68 Å². The molecule has 0 fully saturated rings. The Morgan fingerprint density at radius 2 is 2.04 bits per heavy atom. The molecule has 1 atom stereocenters. The van der Waals surface area contributed by atoms with Crippen molar-refractivity contribution in [2.75, 3.05) is 12.4 Å². The molecule has 6 nitrogen and oxygen atoms in total. The minimum atomic E-state index is -0.0325. The maximum atomic E-state index is 5.23. The smallest absolute Gasteiger partial charge is 0.226 e. The number of nitrogens with zero attached hydrogens (tertiary/aromatic N) is 4. The molecule has 1 aliphatic rings. The van der Waals surface area contributed by atoms with Gasteiger partial charge >= 0.3 is 0 Å². The molecule has 1 aliphatic heterocycles. The first-order valence-electron chi connectivity index (χ1n) is 7.28. The summed E-state index contributed by atoms with van der Waals surface area (Å²) in [6.07, 6.45) is 7.27. The van der Waals surface area contributed by atoms with Crippen LogP contribution in [0.1, 0.15) is 17.2 Å². The standard InChI is InChI=1S/C17H15N5O/c1-23-14-6-4-12(5-7-14)16-9-15(13-3-2-8-18-10-13)21-17-19-11-20-22(16)17/h2-11,16H,1H3,(H,19,20,21). The highest BCUT2D eigenvalue weighted by molar-refractivity contribution is 5.76. The van der Waals surface area contributed by atoms with E-state index in [0.29, 0.717) is 5.95 Å². The molecule has 2 aromatic heterocycles. The lowest BCUT2D eigenvalue weighted by Gasteiger charge is -2.24. The average Bonchev–Trinajstić information content (AvgIpc) is 3.10. The fourth-order valence-electron chi connectivity index (χ4n) is 2.66. The monoisotopic (exact) mass is 305 g/mol. The highest BCUT2D eigenvalue weighted by atomic mass is 16.5. The number of fused-ring (bicyclic) bond motifs is 1. The third-order valence-corrected chi connectivity index (χ3v) is 3.84. The predicted octanol–water partition coefficient (Wildman–Crippen LogP) is 2.74. The number of nitrogens with one attached hydrogen (secondary N) is 1. The highest BCUT2D eigenvalue weighted by Crippen LogP contribution is 2.32. The average molecular weight is 305 g/mol. The summed E-state index contributed by atoms with van der Waals surface area (Å²) in [4.78, 5) is 8.48. The Bertz CT molecular complexity index is 839. The molecule has 0 spiro atoms. The number of allylic oxidation sites excluding steroid dienone is 1. The van der Waals surface area contributed by atoms with Gasteiger partial charge in [-0.05, 0) is 35.9 Å². The summed E-state index contributed by atoms with van der Waals surface area (Å²) in [6, 6.07) is 11.9. The van der Waals surface area contributed by atoms with Crippen LogP contribution in [0.25, 0.3) is 5.70 Å². The van der Waals surface area contributed by atoms with Gasteiger partial charge < -0.3 is 10.1 Å². The Kier molecular flexibility index (Phi) is 3.27. The second-order valence-corrected chi connectivity index (χ2v) is 5.19. The van der Waals surface area contributed by atoms with E-state index in [9.17, 15) is 0 Å². The molecule has 23 heavy (non-hydrogen) atoms. The van der Waals surface area contributed by atoms with Crippen LogP contribution in [0.4, 0.5) is 5.95 Å². The van der Waals surface area contributed by atoms with E-state index in [-0.39, 0.29) is 6.04 Å². The number of hydrogen-bond donors (Lipinski definition) is 1. The molecule has 0 saturated heterocycles. The van der Waals surface area contributed by atoms with Gasteiger partial charge in [0.1, 0.15) is 18.1 Å². The number of rotatable bonds is 3. The minimum absolute atomic E-state index is 0.0325. The van der Waals surface area contributed by atoms with Gasteiger partial charge in [0.05, 0.1) is 7.11 Å². The van der Waals surface area contributed by atoms with Crippen molar-refractivity contribution in [2.45, 2.75) is 6.04 Å². The van der Waals surface area contributed by atoms with E-state index in [1.54, 1.807) is 19.6 Å². The second-order valence-electron chi connectivity index (χ2n) is 5.19. The molecule has 3 aromatic rings. The minimum Gasteiger partial charge on any atom is -0.497 e. The van der Waals surface area contributed by atoms with Crippen molar-refractivity contribution < 1.29 is 4.74 Å². The van der Waals surface area contributed by atoms with Crippen LogP contribution in [0.15, 0.2) is 61.2 Å². The van der Waals surface area contributed by atoms with Crippen molar-refractivity contribution in [2.24, 2.45) is 0 Å². The molecule has 3 heterocycles. The third kappa shape index (κ3) is 2.44. The molecule has 1 aromatic carbocycles. The van der Waals surface area contributed by atoms with Crippen LogP contribution in [0.2, 0.25) is 0 Å².